The summed E-state index contributed by atoms with van der Waals surface area (Å²) in [4.78, 5) is 5.34. The number of thiophene rings is 1. The summed E-state index contributed by atoms with van der Waals surface area (Å²) in [5.41, 5.74) is 0.911. The molecule has 4 heteroatoms. The SMILES string of the molecule is Clc1ccsc1-c1cccc(Br)n1. The van der Waals surface area contributed by atoms with Gasteiger partial charge in [0.2, 0.25) is 0 Å². The minimum Gasteiger partial charge on any atom is -0.240 e. The number of aromatic nitrogens is 1. The van der Waals surface area contributed by atoms with Crippen molar-refractivity contribution in [3.8, 4) is 10.6 Å². The van der Waals surface area contributed by atoms with Crippen LogP contribution < -0.4 is 0 Å². The lowest BCUT2D eigenvalue weighted by molar-refractivity contribution is 1.29. The van der Waals surface area contributed by atoms with Crippen LogP contribution in [0.2, 0.25) is 5.02 Å². The van der Waals surface area contributed by atoms with E-state index in [0.717, 1.165) is 20.2 Å². The third-order valence-electron chi connectivity index (χ3n) is 1.56. The average molecular weight is 275 g/mol. The normalized spacial score (nSPS) is 10.3. The summed E-state index contributed by atoms with van der Waals surface area (Å²) in [6.45, 7) is 0. The number of nitrogens with zero attached hydrogens (tertiary/aromatic N) is 1. The predicted molar refractivity (Wildman–Crippen MR) is 60.3 cm³/mol. The smallest absolute Gasteiger partial charge is 0.106 e. The van der Waals surface area contributed by atoms with E-state index in [2.05, 4.69) is 20.9 Å². The highest BCUT2D eigenvalue weighted by molar-refractivity contribution is 9.10. The number of halogens is 2. The van der Waals surface area contributed by atoms with Gasteiger partial charge in [-0.1, -0.05) is 17.7 Å². The molecule has 0 fully saturated rings. The van der Waals surface area contributed by atoms with Crippen LogP contribution in [0, 0.1) is 0 Å². The second kappa shape index (κ2) is 3.78. The molecule has 0 aliphatic heterocycles. The van der Waals surface area contributed by atoms with Crippen LogP contribution in [-0.2, 0) is 0 Å². The molecule has 13 heavy (non-hydrogen) atoms. The van der Waals surface area contributed by atoms with Crippen LogP contribution in [0.25, 0.3) is 10.6 Å². The van der Waals surface area contributed by atoms with E-state index < -0.39 is 0 Å². The molecular weight excluding hydrogens is 270 g/mol. The fraction of sp³-hybridized carbons (Fsp3) is 0. The Morgan fingerprint density at radius 2 is 2.15 bits per heavy atom. The van der Waals surface area contributed by atoms with Crippen molar-refractivity contribution in [1.29, 1.82) is 0 Å². The number of hydrogen-bond acceptors (Lipinski definition) is 2. The predicted octanol–water partition coefficient (Wildman–Crippen LogP) is 4.23. The first-order valence-corrected chi connectivity index (χ1v) is 5.68. The van der Waals surface area contributed by atoms with Crippen molar-refractivity contribution >= 4 is 38.9 Å². The maximum atomic E-state index is 5.98. The summed E-state index contributed by atoms with van der Waals surface area (Å²) in [5.74, 6) is 0. The fourth-order valence-corrected chi connectivity index (χ4v) is 2.48. The van der Waals surface area contributed by atoms with Crippen LogP contribution in [0.4, 0.5) is 0 Å². The standard InChI is InChI=1S/C9H5BrClNS/c10-8-3-1-2-7(12-8)9-6(11)4-5-13-9/h1-5H. The van der Waals surface area contributed by atoms with Gasteiger partial charge in [0, 0.05) is 0 Å². The molecule has 2 heterocycles. The molecule has 66 valence electrons. The molecule has 0 aliphatic rings. The van der Waals surface area contributed by atoms with E-state index in [1.807, 2.05) is 29.6 Å². The maximum Gasteiger partial charge on any atom is 0.106 e. The molecule has 0 atom stereocenters. The first kappa shape index (κ1) is 9.19. The van der Waals surface area contributed by atoms with Crippen molar-refractivity contribution in [2.24, 2.45) is 0 Å². The topological polar surface area (TPSA) is 12.9 Å². The van der Waals surface area contributed by atoms with Gasteiger partial charge in [-0.25, -0.2) is 4.98 Å². The third-order valence-corrected chi connectivity index (χ3v) is 3.37. The lowest BCUT2D eigenvalue weighted by Crippen LogP contribution is -1.80. The Morgan fingerprint density at radius 1 is 1.31 bits per heavy atom. The molecule has 0 bridgehead atoms. The molecular formula is C9H5BrClNS. The highest BCUT2D eigenvalue weighted by atomic mass is 79.9. The number of hydrogen-bond donors (Lipinski definition) is 0. The minimum absolute atomic E-state index is 0.760. The zero-order valence-corrected chi connectivity index (χ0v) is 9.66. The summed E-state index contributed by atoms with van der Waals surface area (Å²) in [6.07, 6.45) is 0. The van der Waals surface area contributed by atoms with Crippen molar-refractivity contribution in [3.63, 3.8) is 0 Å². The van der Waals surface area contributed by atoms with Gasteiger partial charge in [-0.15, -0.1) is 11.3 Å². The molecule has 0 aliphatic carbocycles. The average Bonchev–Trinajstić information content (AvgIpc) is 2.51. The largest absolute Gasteiger partial charge is 0.240 e. The van der Waals surface area contributed by atoms with E-state index in [1.54, 1.807) is 11.3 Å². The van der Waals surface area contributed by atoms with Gasteiger partial charge in [-0.2, -0.15) is 0 Å². The maximum absolute atomic E-state index is 5.98. The molecule has 1 nitrogen and oxygen atoms in total. The van der Waals surface area contributed by atoms with E-state index in [4.69, 9.17) is 11.6 Å². The molecule has 0 radical (unpaired) electrons. The van der Waals surface area contributed by atoms with Crippen molar-refractivity contribution in [2.45, 2.75) is 0 Å². The Balaban J connectivity index is 2.53. The van der Waals surface area contributed by atoms with Gasteiger partial charge < -0.3 is 0 Å². The van der Waals surface area contributed by atoms with Gasteiger partial charge in [0.25, 0.3) is 0 Å². The molecule has 0 aromatic carbocycles. The summed E-state index contributed by atoms with van der Waals surface area (Å²) in [7, 11) is 0. The third kappa shape index (κ3) is 1.93. The van der Waals surface area contributed by atoms with Crippen LogP contribution in [-0.4, -0.2) is 4.98 Å². The van der Waals surface area contributed by atoms with E-state index in [-0.39, 0.29) is 0 Å². The zero-order valence-electron chi connectivity index (χ0n) is 6.50. The second-order valence-electron chi connectivity index (χ2n) is 2.44. The molecule has 2 aromatic rings. The van der Waals surface area contributed by atoms with Gasteiger partial charge in [0.05, 0.1) is 15.6 Å². The Labute approximate surface area is 93.5 Å². The summed E-state index contributed by atoms with van der Waals surface area (Å²) in [5, 5.41) is 2.72. The first-order valence-electron chi connectivity index (χ1n) is 3.63. The van der Waals surface area contributed by atoms with Crippen molar-refractivity contribution in [1.82, 2.24) is 4.98 Å². The van der Waals surface area contributed by atoms with Gasteiger partial charge in [0.1, 0.15) is 4.60 Å². The van der Waals surface area contributed by atoms with Gasteiger partial charge in [-0.05, 0) is 39.5 Å². The van der Waals surface area contributed by atoms with Crippen molar-refractivity contribution in [3.05, 3.63) is 39.3 Å². The van der Waals surface area contributed by atoms with Crippen molar-refractivity contribution < 1.29 is 0 Å². The molecule has 0 spiro atoms. The molecule has 2 rings (SSSR count). The molecule has 0 unspecified atom stereocenters. The van der Waals surface area contributed by atoms with Gasteiger partial charge in [-0.3, -0.25) is 0 Å². The van der Waals surface area contributed by atoms with Gasteiger partial charge >= 0.3 is 0 Å². The summed E-state index contributed by atoms with van der Waals surface area (Å²) in [6, 6.07) is 7.67. The number of rotatable bonds is 1. The quantitative estimate of drug-likeness (QED) is 0.709. The van der Waals surface area contributed by atoms with Crippen LogP contribution in [0.15, 0.2) is 34.2 Å². The number of pyridine rings is 1. The molecule has 0 saturated heterocycles. The monoisotopic (exact) mass is 273 g/mol. The zero-order chi connectivity index (χ0) is 9.26. The summed E-state index contributed by atoms with van der Waals surface area (Å²) >= 11 is 10.9. The van der Waals surface area contributed by atoms with Crippen LogP contribution >= 0.6 is 38.9 Å². The van der Waals surface area contributed by atoms with Crippen LogP contribution in [0.1, 0.15) is 0 Å². The van der Waals surface area contributed by atoms with Gasteiger partial charge in [0.15, 0.2) is 0 Å². The lowest BCUT2D eigenvalue weighted by Gasteiger charge is -1.97. The Bertz CT molecular complexity index is 427. The summed E-state index contributed by atoms with van der Waals surface area (Å²) < 4.78 is 0.828. The highest BCUT2D eigenvalue weighted by Gasteiger charge is 2.05. The minimum atomic E-state index is 0.760. The highest BCUT2D eigenvalue weighted by Crippen LogP contribution is 2.32. The molecule has 0 saturated carbocycles. The first-order chi connectivity index (χ1) is 6.27. The van der Waals surface area contributed by atoms with E-state index >= 15 is 0 Å². The molecule has 0 N–H and O–H groups in total. The Kier molecular flexibility index (Phi) is 2.67. The lowest BCUT2D eigenvalue weighted by atomic mass is 10.3. The van der Waals surface area contributed by atoms with Crippen molar-refractivity contribution in [2.75, 3.05) is 0 Å². The Morgan fingerprint density at radius 3 is 2.77 bits per heavy atom. The second-order valence-corrected chi connectivity index (χ2v) is 4.58. The van der Waals surface area contributed by atoms with E-state index in [9.17, 15) is 0 Å². The van der Waals surface area contributed by atoms with E-state index in [0.29, 0.717) is 0 Å². The Hall–Kier alpha value is -0.380. The fourth-order valence-electron chi connectivity index (χ4n) is 1.01. The van der Waals surface area contributed by atoms with E-state index in [1.165, 1.54) is 0 Å². The van der Waals surface area contributed by atoms with Crippen LogP contribution in [0.3, 0.4) is 0 Å². The van der Waals surface area contributed by atoms with Crippen LogP contribution in [0.5, 0.6) is 0 Å². The molecule has 2 aromatic heterocycles. The molecule has 0 amide bonds.